The van der Waals surface area contributed by atoms with Gasteiger partial charge in [0.2, 0.25) is 0 Å². The molecule has 4 nitrogen and oxygen atoms in total. The lowest BCUT2D eigenvalue weighted by Gasteiger charge is -1.96. The van der Waals surface area contributed by atoms with Gasteiger partial charge in [0.15, 0.2) is 5.13 Å². The molecule has 0 saturated heterocycles. The smallest absolute Gasteiger partial charge is 0.197 e. The zero-order valence-electron chi connectivity index (χ0n) is 7.79. The van der Waals surface area contributed by atoms with Gasteiger partial charge in [0, 0.05) is 0 Å². The Bertz CT molecular complexity index is 610. The Kier molecular flexibility index (Phi) is 1.72. The van der Waals surface area contributed by atoms with Gasteiger partial charge < -0.3 is 5.73 Å². The number of rotatable bonds is 1. The molecule has 5 heteroatoms. The highest BCUT2D eigenvalue weighted by molar-refractivity contribution is 7.17. The van der Waals surface area contributed by atoms with Crippen LogP contribution in [0.3, 0.4) is 0 Å². The molecule has 2 N–H and O–H groups in total. The van der Waals surface area contributed by atoms with E-state index in [-0.39, 0.29) is 0 Å². The molecule has 0 fully saturated rings. The van der Waals surface area contributed by atoms with Crippen molar-refractivity contribution in [3.05, 3.63) is 36.8 Å². The van der Waals surface area contributed by atoms with Crippen LogP contribution in [0.2, 0.25) is 0 Å². The summed E-state index contributed by atoms with van der Waals surface area (Å²) in [5.74, 6) is 0. The fraction of sp³-hybridized carbons (Fsp3) is 0. The number of aromatic nitrogens is 3. The first-order chi connectivity index (χ1) is 7.34. The lowest BCUT2D eigenvalue weighted by Crippen LogP contribution is -1.89. The Morgan fingerprint density at radius 1 is 1.20 bits per heavy atom. The van der Waals surface area contributed by atoms with Crippen LogP contribution < -0.4 is 5.73 Å². The summed E-state index contributed by atoms with van der Waals surface area (Å²) in [7, 11) is 0. The third kappa shape index (κ3) is 1.28. The standard InChI is InChI=1S/C10H8N4S/c11-9-5-12-10(15-9)14-6-13-7-3-1-2-4-8(7)14/h1-6H,11H2. The van der Waals surface area contributed by atoms with Gasteiger partial charge in [-0.3, -0.25) is 4.57 Å². The van der Waals surface area contributed by atoms with Gasteiger partial charge in [-0.1, -0.05) is 23.5 Å². The molecule has 0 aliphatic carbocycles. The van der Waals surface area contributed by atoms with Crippen LogP contribution in [-0.2, 0) is 0 Å². The SMILES string of the molecule is Nc1cnc(-n2cnc3ccccc32)s1. The molecule has 3 aromatic rings. The summed E-state index contributed by atoms with van der Waals surface area (Å²) in [6.45, 7) is 0. The molecule has 0 unspecified atom stereocenters. The number of nitrogen functional groups attached to an aromatic ring is 1. The summed E-state index contributed by atoms with van der Waals surface area (Å²) in [5.41, 5.74) is 7.66. The van der Waals surface area contributed by atoms with Gasteiger partial charge in [-0.05, 0) is 12.1 Å². The van der Waals surface area contributed by atoms with Crippen LogP contribution in [0, 0.1) is 0 Å². The van der Waals surface area contributed by atoms with Crippen molar-refractivity contribution in [2.45, 2.75) is 0 Å². The maximum atomic E-state index is 5.65. The van der Waals surface area contributed by atoms with E-state index in [1.807, 2.05) is 28.8 Å². The van der Waals surface area contributed by atoms with Crippen LogP contribution in [0.25, 0.3) is 16.2 Å². The minimum absolute atomic E-state index is 0.711. The van der Waals surface area contributed by atoms with Crippen LogP contribution in [0.4, 0.5) is 5.00 Å². The third-order valence-electron chi connectivity index (χ3n) is 2.17. The van der Waals surface area contributed by atoms with Crippen LogP contribution in [0.1, 0.15) is 0 Å². The molecular formula is C10H8N4S. The number of hydrogen-bond acceptors (Lipinski definition) is 4. The zero-order valence-corrected chi connectivity index (χ0v) is 8.61. The number of nitrogens with zero attached hydrogens (tertiary/aromatic N) is 3. The molecule has 1 aromatic carbocycles. The highest BCUT2D eigenvalue weighted by Gasteiger charge is 2.06. The number of imidazole rings is 1. The van der Waals surface area contributed by atoms with Crippen molar-refractivity contribution in [3.8, 4) is 5.13 Å². The Labute approximate surface area is 90.0 Å². The number of nitrogens with two attached hydrogens (primary N) is 1. The van der Waals surface area contributed by atoms with Gasteiger partial charge in [-0.25, -0.2) is 9.97 Å². The topological polar surface area (TPSA) is 56.7 Å². The second-order valence-corrected chi connectivity index (χ2v) is 4.19. The number of thiazole rings is 1. The molecule has 0 atom stereocenters. The first kappa shape index (κ1) is 8.43. The number of anilines is 1. The molecule has 0 radical (unpaired) electrons. The second-order valence-electron chi connectivity index (χ2n) is 3.15. The summed E-state index contributed by atoms with van der Waals surface area (Å²) >= 11 is 1.45. The van der Waals surface area contributed by atoms with Crippen molar-refractivity contribution in [1.82, 2.24) is 14.5 Å². The summed E-state index contributed by atoms with van der Waals surface area (Å²) in [5, 5.41) is 1.56. The maximum Gasteiger partial charge on any atom is 0.197 e. The minimum Gasteiger partial charge on any atom is -0.389 e. The molecular weight excluding hydrogens is 208 g/mol. The maximum absolute atomic E-state index is 5.65. The quantitative estimate of drug-likeness (QED) is 0.677. The molecule has 15 heavy (non-hydrogen) atoms. The Hall–Kier alpha value is -1.88. The summed E-state index contributed by atoms with van der Waals surface area (Å²) in [6.07, 6.45) is 3.43. The van der Waals surface area contributed by atoms with E-state index in [1.54, 1.807) is 12.5 Å². The largest absolute Gasteiger partial charge is 0.389 e. The lowest BCUT2D eigenvalue weighted by atomic mass is 10.3. The van der Waals surface area contributed by atoms with Crippen molar-refractivity contribution in [2.24, 2.45) is 0 Å². The molecule has 3 rings (SSSR count). The molecule has 0 saturated carbocycles. The predicted octanol–water partition coefficient (Wildman–Crippen LogP) is 2.06. The van der Waals surface area contributed by atoms with E-state index in [4.69, 9.17) is 5.73 Å². The molecule has 0 aliphatic heterocycles. The fourth-order valence-corrected chi connectivity index (χ4v) is 2.17. The minimum atomic E-state index is 0.711. The monoisotopic (exact) mass is 216 g/mol. The molecule has 74 valence electrons. The van der Waals surface area contributed by atoms with Crippen molar-refractivity contribution < 1.29 is 0 Å². The second kappa shape index (κ2) is 3.06. The predicted molar refractivity (Wildman–Crippen MR) is 61.2 cm³/mol. The first-order valence-electron chi connectivity index (χ1n) is 4.48. The first-order valence-corrected chi connectivity index (χ1v) is 5.30. The molecule has 2 aromatic heterocycles. The van der Waals surface area contributed by atoms with E-state index in [0.29, 0.717) is 5.00 Å². The highest BCUT2D eigenvalue weighted by atomic mass is 32.1. The van der Waals surface area contributed by atoms with E-state index < -0.39 is 0 Å². The van der Waals surface area contributed by atoms with Gasteiger partial charge >= 0.3 is 0 Å². The Morgan fingerprint density at radius 2 is 2.07 bits per heavy atom. The van der Waals surface area contributed by atoms with E-state index in [1.165, 1.54) is 11.3 Å². The normalized spacial score (nSPS) is 10.9. The van der Waals surface area contributed by atoms with Crippen molar-refractivity contribution >= 4 is 27.4 Å². The number of benzene rings is 1. The lowest BCUT2D eigenvalue weighted by molar-refractivity contribution is 1.06. The van der Waals surface area contributed by atoms with Gasteiger partial charge in [0.25, 0.3) is 0 Å². The average Bonchev–Trinajstić information content (AvgIpc) is 2.83. The molecule has 0 aliphatic rings. The summed E-state index contributed by atoms with van der Waals surface area (Å²) in [6, 6.07) is 7.94. The van der Waals surface area contributed by atoms with Crippen LogP contribution in [0.5, 0.6) is 0 Å². The van der Waals surface area contributed by atoms with Gasteiger partial charge in [-0.15, -0.1) is 0 Å². The molecule has 0 amide bonds. The Morgan fingerprint density at radius 3 is 2.87 bits per heavy atom. The van der Waals surface area contributed by atoms with Gasteiger partial charge in [0.05, 0.1) is 17.2 Å². The van der Waals surface area contributed by atoms with Gasteiger partial charge in [0.1, 0.15) is 11.3 Å². The number of fused-ring (bicyclic) bond motifs is 1. The average molecular weight is 216 g/mol. The zero-order chi connectivity index (χ0) is 10.3. The van der Waals surface area contributed by atoms with E-state index in [2.05, 4.69) is 9.97 Å². The summed E-state index contributed by atoms with van der Waals surface area (Å²) < 4.78 is 1.94. The van der Waals surface area contributed by atoms with E-state index >= 15 is 0 Å². The number of para-hydroxylation sites is 2. The van der Waals surface area contributed by atoms with Crippen molar-refractivity contribution in [3.63, 3.8) is 0 Å². The molecule has 0 spiro atoms. The van der Waals surface area contributed by atoms with Crippen LogP contribution in [0.15, 0.2) is 36.8 Å². The van der Waals surface area contributed by atoms with E-state index in [0.717, 1.165) is 16.2 Å². The van der Waals surface area contributed by atoms with Crippen LogP contribution >= 0.6 is 11.3 Å². The number of hydrogen-bond donors (Lipinski definition) is 1. The summed E-state index contributed by atoms with van der Waals surface area (Å²) in [4.78, 5) is 8.52. The molecule has 0 bridgehead atoms. The van der Waals surface area contributed by atoms with Crippen LogP contribution in [-0.4, -0.2) is 14.5 Å². The fourth-order valence-electron chi connectivity index (χ4n) is 1.50. The van der Waals surface area contributed by atoms with E-state index in [9.17, 15) is 0 Å². The Balaban J connectivity index is 2.27. The van der Waals surface area contributed by atoms with Gasteiger partial charge in [-0.2, -0.15) is 0 Å². The van der Waals surface area contributed by atoms with Crippen molar-refractivity contribution in [2.75, 3.05) is 5.73 Å². The third-order valence-corrected chi connectivity index (χ3v) is 3.00. The molecule has 2 heterocycles. The van der Waals surface area contributed by atoms with Crippen molar-refractivity contribution in [1.29, 1.82) is 0 Å². The highest BCUT2D eigenvalue weighted by Crippen LogP contribution is 2.22.